The Balaban J connectivity index is 3.99. The molecule has 16 heavy (non-hydrogen) atoms. The first kappa shape index (κ1) is 15.4. The molecule has 0 aliphatic rings. The second kappa shape index (κ2) is 9.60. The normalized spacial score (nSPS) is 12.5. The van der Waals surface area contributed by atoms with Crippen molar-refractivity contribution in [3.63, 3.8) is 0 Å². The van der Waals surface area contributed by atoms with Crippen LogP contribution in [0.15, 0.2) is 0 Å². The van der Waals surface area contributed by atoms with Gasteiger partial charge in [0.1, 0.15) is 0 Å². The molecule has 0 aliphatic heterocycles. The van der Waals surface area contributed by atoms with E-state index in [1.807, 2.05) is 18.7 Å². The molecule has 1 amide bonds. The molecule has 0 saturated carbocycles. The van der Waals surface area contributed by atoms with Crippen molar-refractivity contribution >= 4 is 5.91 Å². The van der Waals surface area contributed by atoms with Crippen LogP contribution in [0.25, 0.3) is 0 Å². The lowest BCUT2D eigenvalue weighted by Crippen LogP contribution is -2.35. The minimum Gasteiger partial charge on any atom is -0.380 e. The fourth-order valence-corrected chi connectivity index (χ4v) is 1.55. The van der Waals surface area contributed by atoms with E-state index in [9.17, 15) is 4.79 Å². The third-order valence-electron chi connectivity index (χ3n) is 2.82. The monoisotopic (exact) mass is 230 g/mol. The number of nitrogens with zero attached hydrogens (tertiary/aromatic N) is 1. The average molecular weight is 230 g/mol. The topological polar surface area (TPSA) is 55.6 Å². The van der Waals surface area contributed by atoms with Crippen LogP contribution in [0.3, 0.4) is 0 Å². The summed E-state index contributed by atoms with van der Waals surface area (Å²) in [5.74, 6) is 0.508. The van der Waals surface area contributed by atoms with Gasteiger partial charge >= 0.3 is 0 Å². The maximum Gasteiger partial charge on any atom is 0.222 e. The summed E-state index contributed by atoms with van der Waals surface area (Å²) in [4.78, 5) is 13.8. The SMILES string of the molecule is CCOCCN(CC)C(=O)CC(CC)CN. The number of rotatable bonds is 9. The van der Waals surface area contributed by atoms with Crippen LogP contribution < -0.4 is 5.73 Å². The van der Waals surface area contributed by atoms with Gasteiger partial charge in [0, 0.05) is 26.1 Å². The molecule has 0 spiro atoms. The molecule has 0 saturated heterocycles. The van der Waals surface area contributed by atoms with Gasteiger partial charge < -0.3 is 15.4 Å². The molecule has 1 atom stereocenters. The van der Waals surface area contributed by atoms with Gasteiger partial charge in [-0.3, -0.25) is 4.79 Å². The van der Waals surface area contributed by atoms with Gasteiger partial charge in [-0.15, -0.1) is 0 Å². The maximum atomic E-state index is 11.9. The molecule has 4 nitrogen and oxygen atoms in total. The Hall–Kier alpha value is -0.610. The van der Waals surface area contributed by atoms with Crippen LogP contribution in [0.1, 0.15) is 33.6 Å². The van der Waals surface area contributed by atoms with E-state index in [-0.39, 0.29) is 5.91 Å². The zero-order valence-corrected chi connectivity index (χ0v) is 10.9. The quantitative estimate of drug-likeness (QED) is 0.606. The van der Waals surface area contributed by atoms with Gasteiger partial charge in [-0.2, -0.15) is 0 Å². The molecule has 0 radical (unpaired) electrons. The van der Waals surface area contributed by atoms with Gasteiger partial charge in [0.05, 0.1) is 6.61 Å². The van der Waals surface area contributed by atoms with Crippen LogP contribution >= 0.6 is 0 Å². The first-order chi connectivity index (χ1) is 7.69. The molecule has 2 N–H and O–H groups in total. The van der Waals surface area contributed by atoms with Crippen molar-refractivity contribution in [2.45, 2.75) is 33.6 Å². The smallest absolute Gasteiger partial charge is 0.222 e. The summed E-state index contributed by atoms with van der Waals surface area (Å²) in [6, 6.07) is 0. The van der Waals surface area contributed by atoms with Gasteiger partial charge in [0.25, 0.3) is 0 Å². The molecule has 0 aliphatic carbocycles. The predicted octanol–water partition coefficient (Wildman–Crippen LogP) is 1.25. The molecule has 0 rings (SSSR count). The van der Waals surface area contributed by atoms with Crippen molar-refractivity contribution in [3.05, 3.63) is 0 Å². The first-order valence-corrected chi connectivity index (χ1v) is 6.25. The zero-order chi connectivity index (χ0) is 12.4. The molecule has 1 unspecified atom stereocenters. The molecule has 0 aromatic rings. The van der Waals surface area contributed by atoms with Gasteiger partial charge in [-0.05, 0) is 26.3 Å². The molecule has 4 heteroatoms. The summed E-state index contributed by atoms with van der Waals surface area (Å²) in [5, 5.41) is 0. The molecule has 0 bridgehead atoms. The van der Waals surface area contributed by atoms with E-state index >= 15 is 0 Å². The fourth-order valence-electron chi connectivity index (χ4n) is 1.55. The van der Waals surface area contributed by atoms with Crippen molar-refractivity contribution in [2.24, 2.45) is 11.7 Å². The van der Waals surface area contributed by atoms with Crippen molar-refractivity contribution in [2.75, 3.05) is 32.8 Å². The summed E-state index contributed by atoms with van der Waals surface area (Å²) in [5.41, 5.74) is 5.60. The zero-order valence-electron chi connectivity index (χ0n) is 10.9. The second-order valence-electron chi connectivity index (χ2n) is 3.88. The predicted molar refractivity (Wildman–Crippen MR) is 66.2 cm³/mol. The Morgan fingerprint density at radius 3 is 2.50 bits per heavy atom. The number of amides is 1. The highest BCUT2D eigenvalue weighted by molar-refractivity contribution is 5.76. The summed E-state index contributed by atoms with van der Waals surface area (Å²) < 4.78 is 5.26. The van der Waals surface area contributed by atoms with Crippen LogP contribution in [0, 0.1) is 5.92 Å². The number of hydrogen-bond acceptors (Lipinski definition) is 3. The maximum absolute atomic E-state index is 11.9. The molecular formula is C12H26N2O2. The van der Waals surface area contributed by atoms with Gasteiger partial charge in [0.2, 0.25) is 5.91 Å². The number of carbonyl (C=O) groups is 1. The Morgan fingerprint density at radius 1 is 1.38 bits per heavy atom. The molecular weight excluding hydrogens is 204 g/mol. The Labute approximate surface area is 99.1 Å². The summed E-state index contributed by atoms with van der Waals surface area (Å²) in [6.07, 6.45) is 1.53. The second-order valence-corrected chi connectivity index (χ2v) is 3.88. The van der Waals surface area contributed by atoms with Crippen molar-refractivity contribution in [3.8, 4) is 0 Å². The molecule has 0 heterocycles. The van der Waals surface area contributed by atoms with E-state index in [2.05, 4.69) is 6.92 Å². The lowest BCUT2D eigenvalue weighted by molar-refractivity contribution is -0.132. The van der Waals surface area contributed by atoms with Crippen LogP contribution in [-0.2, 0) is 9.53 Å². The van der Waals surface area contributed by atoms with Crippen LogP contribution in [-0.4, -0.2) is 43.7 Å². The molecule has 96 valence electrons. The summed E-state index contributed by atoms with van der Waals surface area (Å²) in [6.45, 7) is 9.36. The number of hydrogen-bond donors (Lipinski definition) is 1. The Kier molecular flexibility index (Phi) is 9.24. The van der Waals surface area contributed by atoms with Crippen LogP contribution in [0.2, 0.25) is 0 Å². The standard InChI is InChI=1S/C12H26N2O2/c1-4-11(10-13)9-12(15)14(5-2)7-8-16-6-3/h11H,4-10,13H2,1-3H3. The number of carbonyl (C=O) groups excluding carboxylic acids is 1. The molecule has 0 fully saturated rings. The largest absolute Gasteiger partial charge is 0.380 e. The molecule has 0 aromatic heterocycles. The van der Waals surface area contributed by atoms with Crippen molar-refractivity contribution < 1.29 is 9.53 Å². The van der Waals surface area contributed by atoms with Crippen molar-refractivity contribution in [1.82, 2.24) is 4.90 Å². The van der Waals surface area contributed by atoms with Gasteiger partial charge in [0.15, 0.2) is 0 Å². The molecule has 0 aromatic carbocycles. The number of likely N-dealkylation sites (N-methyl/N-ethyl adjacent to an activating group) is 1. The Bertz CT molecular complexity index is 182. The third kappa shape index (κ3) is 6.08. The Morgan fingerprint density at radius 2 is 2.06 bits per heavy atom. The van der Waals surface area contributed by atoms with E-state index < -0.39 is 0 Å². The number of ether oxygens (including phenoxy) is 1. The average Bonchev–Trinajstić information content (AvgIpc) is 2.31. The number of nitrogens with two attached hydrogens (primary N) is 1. The van der Waals surface area contributed by atoms with E-state index in [4.69, 9.17) is 10.5 Å². The van der Waals surface area contributed by atoms with E-state index in [0.717, 1.165) is 13.0 Å². The van der Waals surface area contributed by atoms with Gasteiger partial charge in [-0.1, -0.05) is 13.3 Å². The summed E-state index contributed by atoms with van der Waals surface area (Å²) in [7, 11) is 0. The fraction of sp³-hybridized carbons (Fsp3) is 0.917. The van der Waals surface area contributed by atoms with Gasteiger partial charge in [-0.25, -0.2) is 0 Å². The highest BCUT2D eigenvalue weighted by atomic mass is 16.5. The van der Waals surface area contributed by atoms with Crippen LogP contribution in [0.4, 0.5) is 0 Å². The van der Waals surface area contributed by atoms with E-state index in [0.29, 0.717) is 38.6 Å². The van der Waals surface area contributed by atoms with Crippen LogP contribution in [0.5, 0.6) is 0 Å². The highest BCUT2D eigenvalue weighted by Crippen LogP contribution is 2.08. The highest BCUT2D eigenvalue weighted by Gasteiger charge is 2.15. The third-order valence-corrected chi connectivity index (χ3v) is 2.82. The van der Waals surface area contributed by atoms with E-state index in [1.165, 1.54) is 0 Å². The lowest BCUT2D eigenvalue weighted by Gasteiger charge is -2.23. The minimum atomic E-state index is 0.194. The first-order valence-electron chi connectivity index (χ1n) is 6.25. The lowest BCUT2D eigenvalue weighted by atomic mass is 10.0. The minimum absolute atomic E-state index is 0.194. The van der Waals surface area contributed by atoms with E-state index in [1.54, 1.807) is 0 Å². The van der Waals surface area contributed by atoms with Crippen molar-refractivity contribution in [1.29, 1.82) is 0 Å². The summed E-state index contributed by atoms with van der Waals surface area (Å²) >= 11 is 0.